The molecule has 4 nitrogen and oxygen atoms in total. The number of aromatic nitrogens is 1. The molecule has 0 bridgehead atoms. The lowest BCUT2D eigenvalue weighted by Gasteiger charge is -2.21. The summed E-state index contributed by atoms with van der Waals surface area (Å²) in [6.07, 6.45) is -0.617. The highest BCUT2D eigenvalue weighted by atomic mass is 32.2. The third kappa shape index (κ3) is 3.78. The van der Waals surface area contributed by atoms with Gasteiger partial charge in [0, 0.05) is 31.1 Å². The van der Waals surface area contributed by atoms with Crippen molar-refractivity contribution in [2.75, 3.05) is 24.2 Å². The van der Waals surface area contributed by atoms with Gasteiger partial charge in [0.2, 0.25) is 0 Å². The number of benzene rings is 1. The van der Waals surface area contributed by atoms with E-state index in [2.05, 4.69) is 4.98 Å². The van der Waals surface area contributed by atoms with E-state index in [1.165, 1.54) is 24.3 Å². The second-order valence-corrected chi connectivity index (χ2v) is 8.10. The van der Waals surface area contributed by atoms with Crippen molar-refractivity contribution in [3.05, 3.63) is 42.1 Å². The molecule has 1 saturated heterocycles. The molecule has 2 heterocycles. The van der Waals surface area contributed by atoms with Gasteiger partial charge in [-0.3, -0.25) is 0 Å². The van der Waals surface area contributed by atoms with Crippen LogP contribution in [0.25, 0.3) is 11.1 Å². The molecule has 1 fully saturated rings. The van der Waals surface area contributed by atoms with Gasteiger partial charge in [-0.25, -0.2) is 13.4 Å². The van der Waals surface area contributed by atoms with Crippen molar-refractivity contribution in [1.82, 2.24) is 4.98 Å². The molecule has 3 rings (SSSR count). The molecule has 1 aromatic carbocycles. The van der Waals surface area contributed by atoms with Gasteiger partial charge in [0.25, 0.3) is 0 Å². The minimum atomic E-state index is -4.49. The van der Waals surface area contributed by atoms with Gasteiger partial charge in [-0.1, -0.05) is 12.1 Å². The first kappa shape index (κ1) is 17.7. The number of rotatable bonds is 3. The molecule has 0 atom stereocenters. The van der Waals surface area contributed by atoms with E-state index in [1.54, 1.807) is 0 Å². The molecule has 8 heteroatoms. The number of nitrogens with zero attached hydrogens (tertiary/aromatic N) is 2. The predicted molar refractivity (Wildman–Crippen MR) is 89.2 cm³/mol. The zero-order valence-electron chi connectivity index (χ0n) is 13.5. The van der Waals surface area contributed by atoms with Crippen LogP contribution in [-0.4, -0.2) is 32.7 Å². The molecule has 0 spiro atoms. The van der Waals surface area contributed by atoms with Crippen LogP contribution in [0.3, 0.4) is 0 Å². The Hall–Kier alpha value is -2.09. The summed E-state index contributed by atoms with van der Waals surface area (Å²) in [7, 11) is -3.36. The maximum atomic E-state index is 13.1. The van der Waals surface area contributed by atoms with Gasteiger partial charge in [0.15, 0.2) is 9.84 Å². The zero-order chi connectivity index (χ0) is 18.2. The lowest BCUT2D eigenvalue weighted by atomic mass is 10.0. The smallest absolute Gasteiger partial charge is 0.356 e. The van der Waals surface area contributed by atoms with Gasteiger partial charge in [0.1, 0.15) is 5.82 Å². The Labute approximate surface area is 144 Å². The molecule has 0 unspecified atom stereocenters. The monoisotopic (exact) mass is 370 g/mol. The van der Waals surface area contributed by atoms with Crippen molar-refractivity contribution < 1.29 is 21.6 Å². The highest BCUT2D eigenvalue weighted by molar-refractivity contribution is 7.90. The molecule has 134 valence electrons. The SMILES string of the molecule is CS(=O)(=O)c1ccc(-c2cc(C(F)(F)F)cnc2N2CCCC2)cc1. The van der Waals surface area contributed by atoms with Crippen LogP contribution in [-0.2, 0) is 16.0 Å². The van der Waals surface area contributed by atoms with E-state index >= 15 is 0 Å². The van der Waals surface area contributed by atoms with E-state index in [4.69, 9.17) is 0 Å². The van der Waals surface area contributed by atoms with E-state index in [0.29, 0.717) is 16.9 Å². The van der Waals surface area contributed by atoms with Crippen LogP contribution >= 0.6 is 0 Å². The summed E-state index contributed by atoms with van der Waals surface area (Å²) in [6.45, 7) is 1.49. The lowest BCUT2D eigenvalue weighted by Crippen LogP contribution is -2.20. The summed E-state index contributed by atoms with van der Waals surface area (Å²) in [5, 5.41) is 0. The molecule has 0 saturated carbocycles. The van der Waals surface area contributed by atoms with Crippen LogP contribution in [0.1, 0.15) is 18.4 Å². The Kier molecular flexibility index (Phi) is 4.49. The minimum Gasteiger partial charge on any atom is -0.356 e. The molecule has 0 radical (unpaired) electrons. The molecule has 0 N–H and O–H groups in total. The van der Waals surface area contributed by atoms with Crippen molar-refractivity contribution in [2.45, 2.75) is 23.9 Å². The van der Waals surface area contributed by atoms with Crippen LogP contribution in [0.15, 0.2) is 41.4 Å². The summed E-state index contributed by atoms with van der Waals surface area (Å²) in [4.78, 5) is 6.14. The summed E-state index contributed by atoms with van der Waals surface area (Å²) < 4.78 is 62.4. The third-order valence-corrected chi connectivity index (χ3v) is 5.32. The Bertz CT molecular complexity index is 872. The van der Waals surface area contributed by atoms with Crippen molar-refractivity contribution in [3.63, 3.8) is 0 Å². The molecule has 0 amide bonds. The van der Waals surface area contributed by atoms with Crippen LogP contribution < -0.4 is 4.90 Å². The number of halogens is 3. The van der Waals surface area contributed by atoms with Crippen molar-refractivity contribution >= 4 is 15.7 Å². The summed E-state index contributed by atoms with van der Waals surface area (Å²) >= 11 is 0. The van der Waals surface area contributed by atoms with Crippen molar-refractivity contribution in [1.29, 1.82) is 0 Å². The summed E-state index contributed by atoms with van der Waals surface area (Å²) in [5.41, 5.74) is 0.0438. The lowest BCUT2D eigenvalue weighted by molar-refractivity contribution is -0.137. The number of alkyl halides is 3. The first-order chi connectivity index (χ1) is 11.7. The molecule has 0 aliphatic carbocycles. The van der Waals surface area contributed by atoms with E-state index in [-0.39, 0.29) is 4.90 Å². The van der Waals surface area contributed by atoms with Crippen LogP contribution in [0.5, 0.6) is 0 Å². The molecule has 2 aromatic rings. The Morgan fingerprint density at radius 2 is 1.68 bits per heavy atom. The Morgan fingerprint density at radius 1 is 1.08 bits per heavy atom. The highest BCUT2D eigenvalue weighted by Crippen LogP contribution is 2.37. The first-order valence-electron chi connectivity index (χ1n) is 7.79. The third-order valence-electron chi connectivity index (χ3n) is 4.19. The van der Waals surface area contributed by atoms with Crippen LogP contribution in [0.4, 0.5) is 19.0 Å². The Morgan fingerprint density at radius 3 is 2.20 bits per heavy atom. The quantitative estimate of drug-likeness (QED) is 0.825. The van der Waals surface area contributed by atoms with Gasteiger partial charge in [0.05, 0.1) is 10.5 Å². The predicted octanol–water partition coefficient (Wildman–Crippen LogP) is 3.77. The molecular weight excluding hydrogens is 353 g/mol. The summed E-state index contributed by atoms with van der Waals surface area (Å²) in [5.74, 6) is 0.498. The fourth-order valence-electron chi connectivity index (χ4n) is 2.89. The van der Waals surface area contributed by atoms with Gasteiger partial charge in [-0.2, -0.15) is 13.2 Å². The van der Waals surface area contributed by atoms with Gasteiger partial charge >= 0.3 is 6.18 Å². The number of hydrogen-bond donors (Lipinski definition) is 0. The molecule has 25 heavy (non-hydrogen) atoms. The number of sulfone groups is 1. The van der Waals surface area contributed by atoms with E-state index in [1.807, 2.05) is 4.90 Å². The maximum Gasteiger partial charge on any atom is 0.417 e. The number of hydrogen-bond acceptors (Lipinski definition) is 4. The Balaban J connectivity index is 2.11. The highest BCUT2D eigenvalue weighted by Gasteiger charge is 2.32. The maximum absolute atomic E-state index is 13.1. The molecule has 1 aliphatic rings. The topological polar surface area (TPSA) is 50.3 Å². The van der Waals surface area contributed by atoms with Crippen molar-refractivity contribution in [3.8, 4) is 11.1 Å². The van der Waals surface area contributed by atoms with Crippen LogP contribution in [0, 0.1) is 0 Å². The molecule has 1 aliphatic heterocycles. The average Bonchev–Trinajstić information content (AvgIpc) is 3.07. The fraction of sp³-hybridized carbons (Fsp3) is 0.353. The first-order valence-corrected chi connectivity index (χ1v) is 9.68. The standard InChI is InChI=1S/C17H17F3N2O2S/c1-25(23,24)14-6-4-12(5-7-14)15-10-13(17(18,19)20)11-21-16(15)22-8-2-3-9-22/h4-7,10-11H,2-3,8-9H2,1H3. The summed E-state index contributed by atoms with van der Waals surface area (Å²) in [6, 6.07) is 6.92. The average molecular weight is 370 g/mol. The zero-order valence-corrected chi connectivity index (χ0v) is 14.4. The normalized spacial score (nSPS) is 15.6. The van der Waals surface area contributed by atoms with Crippen LogP contribution in [0.2, 0.25) is 0 Å². The largest absolute Gasteiger partial charge is 0.417 e. The van der Waals surface area contributed by atoms with Gasteiger partial charge in [-0.05, 0) is 36.6 Å². The molecule has 1 aromatic heterocycles. The van der Waals surface area contributed by atoms with Crippen molar-refractivity contribution in [2.24, 2.45) is 0 Å². The minimum absolute atomic E-state index is 0.124. The van der Waals surface area contributed by atoms with Gasteiger partial charge in [-0.15, -0.1) is 0 Å². The van der Waals surface area contributed by atoms with Gasteiger partial charge < -0.3 is 4.90 Å². The fourth-order valence-corrected chi connectivity index (χ4v) is 3.52. The second kappa shape index (κ2) is 6.33. The van der Waals surface area contributed by atoms with E-state index in [9.17, 15) is 21.6 Å². The van der Waals surface area contributed by atoms with E-state index in [0.717, 1.165) is 44.5 Å². The molecular formula is C17H17F3N2O2S. The number of pyridine rings is 1. The van der Waals surface area contributed by atoms with E-state index < -0.39 is 21.6 Å². The second-order valence-electron chi connectivity index (χ2n) is 6.08. The number of anilines is 1.